The Morgan fingerprint density at radius 3 is 2.93 bits per heavy atom. The molecule has 6 nitrogen and oxygen atoms in total. The number of thiazole rings is 1. The van der Waals surface area contributed by atoms with Gasteiger partial charge in [0.25, 0.3) is 0 Å². The fraction of sp³-hybridized carbons (Fsp3) is 0.368. The monoisotopic (exact) mass is 420 g/mol. The number of alkyl halides is 1. The summed E-state index contributed by atoms with van der Waals surface area (Å²) in [6.45, 7) is 2.98. The van der Waals surface area contributed by atoms with Crippen LogP contribution >= 0.6 is 11.3 Å². The SMILES string of the molecule is CC(c1ccc2scnc2c1)N1CCc2ncc(NS(C)(=O)=O)cc2[C@@H](F)C1. The average Bonchev–Trinajstić information content (AvgIpc) is 3.04. The molecule has 1 aliphatic heterocycles. The summed E-state index contributed by atoms with van der Waals surface area (Å²) in [5.41, 5.74) is 5.31. The van der Waals surface area contributed by atoms with Crippen molar-refractivity contribution in [3.8, 4) is 0 Å². The molecule has 148 valence electrons. The lowest BCUT2D eigenvalue weighted by Crippen LogP contribution is -2.30. The van der Waals surface area contributed by atoms with Crippen molar-refractivity contribution in [3.63, 3.8) is 0 Å². The first-order valence-electron chi connectivity index (χ1n) is 8.98. The van der Waals surface area contributed by atoms with Crippen molar-refractivity contribution < 1.29 is 12.8 Å². The lowest BCUT2D eigenvalue weighted by Gasteiger charge is -2.28. The summed E-state index contributed by atoms with van der Waals surface area (Å²) in [5, 5.41) is 0. The van der Waals surface area contributed by atoms with Gasteiger partial charge in [-0.05, 0) is 30.7 Å². The Morgan fingerprint density at radius 2 is 2.14 bits per heavy atom. The van der Waals surface area contributed by atoms with Gasteiger partial charge < -0.3 is 0 Å². The second-order valence-electron chi connectivity index (χ2n) is 7.10. The maximum atomic E-state index is 15.1. The van der Waals surface area contributed by atoms with Crippen LogP contribution in [0.5, 0.6) is 0 Å². The lowest BCUT2D eigenvalue weighted by molar-refractivity contribution is 0.161. The summed E-state index contributed by atoms with van der Waals surface area (Å²) in [5.74, 6) is 0. The number of sulfonamides is 1. The number of nitrogens with one attached hydrogen (secondary N) is 1. The van der Waals surface area contributed by atoms with Gasteiger partial charge in [0.2, 0.25) is 10.0 Å². The Morgan fingerprint density at radius 1 is 1.32 bits per heavy atom. The number of anilines is 1. The van der Waals surface area contributed by atoms with E-state index in [1.165, 1.54) is 6.20 Å². The largest absolute Gasteiger partial charge is 0.293 e. The molecule has 3 heterocycles. The van der Waals surface area contributed by atoms with Crippen LogP contribution in [0.15, 0.2) is 36.0 Å². The van der Waals surface area contributed by atoms with E-state index in [0.29, 0.717) is 29.9 Å². The number of halogens is 1. The van der Waals surface area contributed by atoms with Gasteiger partial charge in [0.1, 0.15) is 6.17 Å². The molecule has 0 bridgehead atoms. The first kappa shape index (κ1) is 19.2. The van der Waals surface area contributed by atoms with Crippen LogP contribution in [0.1, 0.15) is 36.0 Å². The molecule has 0 saturated heterocycles. The van der Waals surface area contributed by atoms with Crippen LogP contribution in [0.4, 0.5) is 10.1 Å². The predicted octanol–water partition coefficient (Wildman–Crippen LogP) is 3.69. The Bertz CT molecular complexity index is 1120. The van der Waals surface area contributed by atoms with Crippen molar-refractivity contribution in [2.75, 3.05) is 24.1 Å². The van der Waals surface area contributed by atoms with Crippen molar-refractivity contribution in [1.82, 2.24) is 14.9 Å². The van der Waals surface area contributed by atoms with Gasteiger partial charge in [-0.3, -0.25) is 14.6 Å². The van der Waals surface area contributed by atoms with E-state index in [1.54, 1.807) is 17.4 Å². The number of nitrogens with zero attached hydrogens (tertiary/aromatic N) is 3. The van der Waals surface area contributed by atoms with Crippen LogP contribution in [0, 0.1) is 0 Å². The van der Waals surface area contributed by atoms with Crippen LogP contribution in [0.2, 0.25) is 0 Å². The Hall–Kier alpha value is -2.10. The van der Waals surface area contributed by atoms with Crippen molar-refractivity contribution in [1.29, 1.82) is 0 Å². The van der Waals surface area contributed by atoms with Gasteiger partial charge >= 0.3 is 0 Å². The summed E-state index contributed by atoms with van der Waals surface area (Å²) >= 11 is 1.60. The van der Waals surface area contributed by atoms with E-state index in [9.17, 15) is 8.42 Å². The standard InChI is InChI=1S/C19H21FN4O2S2/c1-12(13-3-4-19-18(7-13)22-11-27-19)24-6-5-17-15(16(20)10-24)8-14(9-21-17)23-28(2,25)26/h3-4,7-9,11-12,16,23H,5-6,10H2,1-2H3/t12?,16-/m0/s1. The van der Waals surface area contributed by atoms with E-state index in [0.717, 1.165) is 22.0 Å². The third-order valence-electron chi connectivity index (χ3n) is 5.06. The number of hydrogen-bond donors (Lipinski definition) is 1. The molecule has 28 heavy (non-hydrogen) atoms. The second kappa shape index (κ2) is 7.38. The lowest BCUT2D eigenvalue weighted by atomic mass is 10.1. The van der Waals surface area contributed by atoms with Gasteiger partial charge in [-0.2, -0.15) is 0 Å². The molecule has 2 aromatic heterocycles. The minimum Gasteiger partial charge on any atom is -0.293 e. The highest BCUT2D eigenvalue weighted by atomic mass is 32.2. The quantitative estimate of drug-likeness (QED) is 0.697. The third kappa shape index (κ3) is 4.01. The number of pyridine rings is 1. The summed E-state index contributed by atoms with van der Waals surface area (Å²) < 4.78 is 41.5. The highest BCUT2D eigenvalue weighted by molar-refractivity contribution is 7.92. The van der Waals surface area contributed by atoms with Crippen LogP contribution in [0.3, 0.4) is 0 Å². The number of rotatable bonds is 4. The number of benzene rings is 1. The minimum atomic E-state index is -3.43. The molecular formula is C19H21FN4O2S2. The second-order valence-corrected chi connectivity index (χ2v) is 9.74. The highest BCUT2D eigenvalue weighted by Crippen LogP contribution is 2.33. The summed E-state index contributed by atoms with van der Waals surface area (Å²) in [6, 6.07) is 7.79. The topological polar surface area (TPSA) is 75.2 Å². The Balaban J connectivity index is 1.57. The number of aromatic nitrogens is 2. The maximum absolute atomic E-state index is 15.1. The van der Waals surface area contributed by atoms with E-state index >= 15 is 4.39 Å². The van der Waals surface area contributed by atoms with Crippen molar-refractivity contribution in [3.05, 3.63) is 52.8 Å². The third-order valence-corrected chi connectivity index (χ3v) is 6.48. The van der Waals surface area contributed by atoms with Gasteiger partial charge in [0.05, 0.1) is 33.9 Å². The van der Waals surface area contributed by atoms with E-state index in [1.807, 2.05) is 5.51 Å². The normalized spacial score (nSPS) is 19.2. The Labute approximate surface area is 167 Å². The fourth-order valence-corrected chi connectivity index (χ4v) is 4.80. The highest BCUT2D eigenvalue weighted by Gasteiger charge is 2.27. The first-order chi connectivity index (χ1) is 13.3. The molecule has 2 atom stereocenters. The summed E-state index contributed by atoms with van der Waals surface area (Å²) in [4.78, 5) is 10.8. The van der Waals surface area contributed by atoms with Gasteiger partial charge in [-0.15, -0.1) is 11.3 Å². The zero-order valence-electron chi connectivity index (χ0n) is 15.6. The molecule has 1 aromatic carbocycles. The molecular weight excluding hydrogens is 399 g/mol. The van der Waals surface area contributed by atoms with Crippen LogP contribution in [-0.2, 0) is 16.4 Å². The molecule has 0 spiro atoms. The molecule has 0 radical (unpaired) electrons. The van der Waals surface area contributed by atoms with Gasteiger partial charge in [0, 0.05) is 36.8 Å². The van der Waals surface area contributed by atoms with Crippen LogP contribution in [-0.4, -0.2) is 42.6 Å². The average molecular weight is 421 g/mol. The molecule has 9 heteroatoms. The molecule has 0 fully saturated rings. The minimum absolute atomic E-state index is 0.0345. The summed E-state index contributed by atoms with van der Waals surface area (Å²) in [6.07, 6.45) is 1.88. The molecule has 4 rings (SSSR count). The van der Waals surface area contributed by atoms with Crippen molar-refractivity contribution in [2.24, 2.45) is 0 Å². The van der Waals surface area contributed by atoms with Crippen LogP contribution in [0.25, 0.3) is 10.2 Å². The molecule has 0 amide bonds. The molecule has 1 unspecified atom stereocenters. The zero-order valence-corrected chi connectivity index (χ0v) is 17.2. The maximum Gasteiger partial charge on any atom is 0.229 e. The van der Waals surface area contributed by atoms with Crippen molar-refractivity contribution in [2.45, 2.75) is 25.6 Å². The van der Waals surface area contributed by atoms with Gasteiger partial charge in [-0.25, -0.2) is 17.8 Å². The van der Waals surface area contributed by atoms with Gasteiger partial charge in [0.15, 0.2) is 0 Å². The molecule has 1 aliphatic rings. The molecule has 1 N–H and O–H groups in total. The molecule has 0 saturated carbocycles. The summed E-state index contributed by atoms with van der Waals surface area (Å²) in [7, 11) is -3.43. The van der Waals surface area contributed by atoms with E-state index in [4.69, 9.17) is 0 Å². The number of fused-ring (bicyclic) bond motifs is 2. The smallest absolute Gasteiger partial charge is 0.229 e. The fourth-order valence-electron chi connectivity index (χ4n) is 3.60. The van der Waals surface area contributed by atoms with Gasteiger partial charge in [-0.1, -0.05) is 6.07 Å². The Kier molecular flexibility index (Phi) is 5.07. The van der Waals surface area contributed by atoms with Crippen LogP contribution < -0.4 is 4.72 Å². The van der Waals surface area contributed by atoms with Crippen molar-refractivity contribution >= 4 is 37.3 Å². The van der Waals surface area contributed by atoms with E-state index in [-0.39, 0.29) is 12.6 Å². The zero-order chi connectivity index (χ0) is 19.9. The predicted molar refractivity (Wildman–Crippen MR) is 110 cm³/mol. The van der Waals surface area contributed by atoms with E-state index in [2.05, 4.69) is 44.7 Å². The first-order valence-corrected chi connectivity index (χ1v) is 11.7. The molecule has 0 aliphatic carbocycles. The molecule has 3 aromatic rings. The van der Waals surface area contributed by atoms with E-state index < -0.39 is 16.2 Å². The number of hydrogen-bond acceptors (Lipinski definition) is 6.